The smallest absolute Gasteiger partial charge is 0.340 e. The van der Waals surface area contributed by atoms with Crippen molar-refractivity contribution in [1.29, 1.82) is 0 Å². The van der Waals surface area contributed by atoms with E-state index in [1.807, 2.05) is 54.6 Å². The van der Waals surface area contributed by atoms with Gasteiger partial charge in [-0.25, -0.2) is 4.79 Å². The molecule has 0 unspecified atom stereocenters. The van der Waals surface area contributed by atoms with Gasteiger partial charge >= 0.3 is 5.97 Å². The van der Waals surface area contributed by atoms with E-state index in [1.54, 1.807) is 7.11 Å². The van der Waals surface area contributed by atoms with Crippen LogP contribution in [0.4, 0.5) is 10.7 Å². The molecule has 0 saturated carbocycles. The van der Waals surface area contributed by atoms with Crippen molar-refractivity contribution in [3.05, 3.63) is 66.2 Å². The molecule has 166 valence electrons. The number of piperazine rings is 1. The second-order valence-electron chi connectivity index (χ2n) is 7.32. The number of anilines is 2. The Hall–Kier alpha value is -3.10. The van der Waals surface area contributed by atoms with E-state index in [2.05, 4.69) is 21.2 Å². The molecular weight excluding hydrogens is 442 g/mol. The number of thiophene rings is 1. The Morgan fingerprint density at radius 2 is 1.75 bits per heavy atom. The molecule has 3 aromatic rings. The van der Waals surface area contributed by atoms with E-state index in [0.717, 1.165) is 48.1 Å². The van der Waals surface area contributed by atoms with E-state index in [0.29, 0.717) is 15.7 Å². The molecule has 2 aromatic carbocycles. The summed E-state index contributed by atoms with van der Waals surface area (Å²) in [5.74, 6) is 0.473. The van der Waals surface area contributed by atoms with Crippen LogP contribution < -0.4 is 15.0 Å². The third kappa shape index (κ3) is 4.87. The van der Waals surface area contributed by atoms with Crippen LogP contribution in [0.25, 0.3) is 10.4 Å². The summed E-state index contributed by atoms with van der Waals surface area (Å²) in [7, 11) is 3.07. The van der Waals surface area contributed by atoms with Gasteiger partial charge in [0.25, 0.3) is 0 Å². The molecule has 32 heavy (non-hydrogen) atoms. The highest BCUT2D eigenvalue weighted by Crippen LogP contribution is 2.36. The molecule has 0 atom stereocenters. The number of rotatable bonds is 5. The number of methoxy groups -OCH3 is 2. The topological polar surface area (TPSA) is 54.0 Å². The van der Waals surface area contributed by atoms with Gasteiger partial charge in [0.1, 0.15) is 10.8 Å². The SMILES string of the molecule is COC(=O)c1cc(-c2ccccc2)sc1NC(=S)N1CCN(c2cccc(OC)c2)CC1. The highest BCUT2D eigenvalue weighted by Gasteiger charge is 2.23. The number of carbonyl (C=O) groups excluding carboxylic acids is 1. The highest BCUT2D eigenvalue weighted by atomic mass is 32.1. The molecule has 1 fully saturated rings. The van der Waals surface area contributed by atoms with E-state index in [4.69, 9.17) is 21.7 Å². The van der Waals surface area contributed by atoms with E-state index in [1.165, 1.54) is 18.4 Å². The Kier molecular flexibility index (Phi) is 6.92. The minimum atomic E-state index is -0.378. The summed E-state index contributed by atoms with van der Waals surface area (Å²) >= 11 is 7.19. The molecule has 0 radical (unpaired) electrons. The Bertz CT molecular complexity index is 1090. The van der Waals surface area contributed by atoms with Crippen LogP contribution in [0, 0.1) is 0 Å². The second kappa shape index (κ2) is 10.0. The molecule has 1 saturated heterocycles. The van der Waals surface area contributed by atoms with Crippen LogP contribution in [0.5, 0.6) is 5.75 Å². The Labute approximate surface area is 197 Å². The van der Waals surface area contributed by atoms with Crippen molar-refractivity contribution in [1.82, 2.24) is 4.90 Å². The van der Waals surface area contributed by atoms with Crippen molar-refractivity contribution in [2.24, 2.45) is 0 Å². The average molecular weight is 468 g/mol. The van der Waals surface area contributed by atoms with Crippen LogP contribution in [0.15, 0.2) is 60.7 Å². The van der Waals surface area contributed by atoms with Gasteiger partial charge in [0.05, 0.1) is 19.8 Å². The van der Waals surface area contributed by atoms with Crippen LogP contribution in [0.1, 0.15) is 10.4 Å². The summed E-state index contributed by atoms with van der Waals surface area (Å²) in [6.45, 7) is 3.26. The number of nitrogens with one attached hydrogen (secondary N) is 1. The van der Waals surface area contributed by atoms with Gasteiger partial charge in [0.15, 0.2) is 5.11 Å². The zero-order valence-corrected chi connectivity index (χ0v) is 19.7. The number of esters is 1. The lowest BCUT2D eigenvalue weighted by atomic mass is 10.1. The van der Waals surface area contributed by atoms with Gasteiger partial charge in [-0.1, -0.05) is 36.4 Å². The standard InChI is InChI=1S/C24H25N3O3S2/c1-29-19-10-6-9-18(15-19)26-11-13-27(14-12-26)24(31)25-22-20(23(28)30-2)16-21(32-22)17-7-4-3-5-8-17/h3-10,15-16H,11-14H2,1-2H3,(H,25,31). The maximum Gasteiger partial charge on any atom is 0.340 e. The largest absolute Gasteiger partial charge is 0.497 e. The normalized spacial score (nSPS) is 13.6. The second-order valence-corrected chi connectivity index (χ2v) is 8.76. The van der Waals surface area contributed by atoms with Crippen LogP contribution >= 0.6 is 23.6 Å². The molecule has 1 aliphatic heterocycles. The molecule has 0 spiro atoms. The predicted molar refractivity (Wildman–Crippen MR) is 134 cm³/mol. The van der Waals surface area contributed by atoms with Crippen molar-refractivity contribution in [2.75, 3.05) is 50.6 Å². The van der Waals surface area contributed by atoms with Crippen molar-refractivity contribution in [2.45, 2.75) is 0 Å². The highest BCUT2D eigenvalue weighted by molar-refractivity contribution is 7.80. The first kappa shape index (κ1) is 22.1. The van der Waals surface area contributed by atoms with E-state index >= 15 is 0 Å². The zero-order valence-electron chi connectivity index (χ0n) is 18.0. The summed E-state index contributed by atoms with van der Waals surface area (Å²) in [6, 6.07) is 19.9. The lowest BCUT2D eigenvalue weighted by Crippen LogP contribution is -2.50. The molecular formula is C24H25N3O3S2. The van der Waals surface area contributed by atoms with Gasteiger partial charge in [-0.15, -0.1) is 11.3 Å². The third-order valence-corrected chi connectivity index (χ3v) is 6.86. The fraction of sp³-hybridized carbons (Fsp3) is 0.250. The Balaban J connectivity index is 1.45. The predicted octanol–water partition coefficient (Wildman–Crippen LogP) is 4.73. The van der Waals surface area contributed by atoms with Crippen molar-refractivity contribution >= 4 is 45.3 Å². The lowest BCUT2D eigenvalue weighted by molar-refractivity contribution is 0.0602. The number of hydrogen-bond donors (Lipinski definition) is 1. The summed E-state index contributed by atoms with van der Waals surface area (Å²) in [4.78, 5) is 17.8. The maximum absolute atomic E-state index is 12.4. The van der Waals surface area contributed by atoms with Crippen LogP contribution in [-0.2, 0) is 4.74 Å². The molecule has 0 aliphatic carbocycles. The molecule has 1 N–H and O–H groups in total. The van der Waals surface area contributed by atoms with Crippen molar-refractivity contribution in [3.8, 4) is 16.2 Å². The van der Waals surface area contributed by atoms with E-state index in [-0.39, 0.29) is 5.97 Å². The summed E-state index contributed by atoms with van der Waals surface area (Å²) < 4.78 is 10.3. The summed E-state index contributed by atoms with van der Waals surface area (Å²) in [5.41, 5.74) is 2.68. The molecule has 1 aromatic heterocycles. The van der Waals surface area contributed by atoms with Crippen LogP contribution in [-0.4, -0.2) is 56.4 Å². The van der Waals surface area contributed by atoms with Gasteiger partial charge in [0, 0.05) is 42.8 Å². The molecule has 8 heteroatoms. The quantitative estimate of drug-likeness (QED) is 0.430. The molecule has 4 rings (SSSR count). The Morgan fingerprint density at radius 3 is 2.44 bits per heavy atom. The Morgan fingerprint density at radius 1 is 1.00 bits per heavy atom. The van der Waals surface area contributed by atoms with Crippen LogP contribution in [0.2, 0.25) is 0 Å². The first-order valence-corrected chi connectivity index (χ1v) is 11.5. The van der Waals surface area contributed by atoms with E-state index in [9.17, 15) is 4.79 Å². The van der Waals surface area contributed by atoms with Gasteiger partial charge in [-0.05, 0) is 36.0 Å². The maximum atomic E-state index is 12.4. The van der Waals surface area contributed by atoms with Crippen molar-refractivity contribution in [3.63, 3.8) is 0 Å². The van der Waals surface area contributed by atoms with E-state index < -0.39 is 0 Å². The van der Waals surface area contributed by atoms with Crippen molar-refractivity contribution < 1.29 is 14.3 Å². The first-order valence-electron chi connectivity index (χ1n) is 10.3. The summed E-state index contributed by atoms with van der Waals surface area (Å²) in [6.07, 6.45) is 0. The number of hydrogen-bond acceptors (Lipinski definition) is 6. The third-order valence-electron chi connectivity index (χ3n) is 5.40. The van der Waals surface area contributed by atoms with Gasteiger partial charge < -0.3 is 24.6 Å². The number of ether oxygens (including phenoxy) is 2. The minimum Gasteiger partial charge on any atom is -0.497 e. The fourth-order valence-corrected chi connectivity index (χ4v) is 5.04. The number of benzene rings is 2. The van der Waals surface area contributed by atoms with Gasteiger partial charge in [-0.3, -0.25) is 0 Å². The molecule has 1 aliphatic rings. The number of thiocarbonyl (C=S) groups is 1. The molecule has 6 nitrogen and oxygen atoms in total. The zero-order chi connectivity index (χ0) is 22.5. The lowest BCUT2D eigenvalue weighted by Gasteiger charge is -2.37. The van der Waals surface area contributed by atoms with Gasteiger partial charge in [0.2, 0.25) is 0 Å². The summed E-state index contributed by atoms with van der Waals surface area (Å²) in [5, 5.41) is 4.61. The number of nitrogens with zero attached hydrogens (tertiary/aromatic N) is 2. The monoisotopic (exact) mass is 467 g/mol. The van der Waals surface area contributed by atoms with Gasteiger partial charge in [-0.2, -0.15) is 0 Å². The molecule has 0 bridgehead atoms. The minimum absolute atomic E-state index is 0.378. The molecule has 0 amide bonds. The molecule has 2 heterocycles. The number of carbonyl (C=O) groups is 1. The fourth-order valence-electron chi connectivity index (χ4n) is 3.64. The van der Waals surface area contributed by atoms with Crippen LogP contribution in [0.3, 0.4) is 0 Å². The average Bonchev–Trinajstić information content (AvgIpc) is 3.28. The first-order chi connectivity index (χ1) is 15.6.